The van der Waals surface area contributed by atoms with E-state index in [2.05, 4.69) is 0 Å². The van der Waals surface area contributed by atoms with Crippen LogP contribution in [0.1, 0.15) is 16.7 Å². The van der Waals surface area contributed by atoms with E-state index in [-0.39, 0.29) is 34.5 Å². The summed E-state index contributed by atoms with van der Waals surface area (Å²) in [7, 11) is -1.05. The van der Waals surface area contributed by atoms with Crippen LogP contribution < -0.4 is 0 Å². The van der Waals surface area contributed by atoms with Gasteiger partial charge in [0.25, 0.3) is 10.1 Å². The van der Waals surface area contributed by atoms with Crippen LogP contribution in [-0.4, -0.2) is 42.5 Å². The zero-order chi connectivity index (χ0) is 17.3. The van der Waals surface area contributed by atoms with E-state index in [1.54, 1.807) is 33.7 Å². The van der Waals surface area contributed by atoms with Crippen molar-refractivity contribution in [1.29, 1.82) is 0 Å². The van der Waals surface area contributed by atoms with Gasteiger partial charge in [0, 0.05) is 12.0 Å². The normalized spacial score (nSPS) is 11.1. The maximum absolute atomic E-state index is 11.5. The number of hydrogen-bond acceptors (Lipinski definition) is 5. The second kappa shape index (κ2) is 8.54. The molecule has 0 radical (unpaired) electrons. The minimum absolute atomic E-state index is 0. The van der Waals surface area contributed by atoms with Crippen molar-refractivity contribution in [3.63, 3.8) is 0 Å². The Morgan fingerprint density at radius 1 is 1.08 bits per heavy atom. The average Bonchev–Trinajstić information content (AvgIpc) is 2.90. The van der Waals surface area contributed by atoms with Crippen LogP contribution >= 0.6 is 32.9 Å². The standard InChI is InChI=1S/C17H14O3S4.Na.H/c1-11-7-8-12(10-15(11)24(18,19)20)9-14-16(22-23-17(14)21)13-5-3-2-4-6-13;;/h2-8,10H,9H2,1H3,(H,18,19,20);;. The third-order valence-electron chi connectivity index (χ3n) is 3.67. The molecule has 0 aliphatic rings. The molecule has 25 heavy (non-hydrogen) atoms. The summed E-state index contributed by atoms with van der Waals surface area (Å²) in [5, 5.41) is 0. The monoisotopic (exact) mass is 418 g/mol. The van der Waals surface area contributed by atoms with Gasteiger partial charge in [-0.25, -0.2) is 0 Å². The van der Waals surface area contributed by atoms with Crippen molar-refractivity contribution in [1.82, 2.24) is 0 Å². The number of aryl methyl sites for hydroxylation is 1. The van der Waals surface area contributed by atoms with Crippen LogP contribution in [0.15, 0.2) is 53.4 Å². The summed E-state index contributed by atoms with van der Waals surface area (Å²) >= 11 is 5.47. The molecule has 1 heterocycles. The van der Waals surface area contributed by atoms with Crippen molar-refractivity contribution in [2.24, 2.45) is 0 Å². The second-order valence-electron chi connectivity index (χ2n) is 5.38. The van der Waals surface area contributed by atoms with Crippen LogP contribution in [0.25, 0.3) is 10.4 Å². The van der Waals surface area contributed by atoms with E-state index in [9.17, 15) is 13.0 Å². The van der Waals surface area contributed by atoms with Gasteiger partial charge >= 0.3 is 29.6 Å². The van der Waals surface area contributed by atoms with Crippen molar-refractivity contribution < 1.29 is 13.0 Å². The Kier molecular flexibility index (Phi) is 7.15. The quantitative estimate of drug-likeness (QED) is 0.289. The zero-order valence-corrected chi connectivity index (χ0v) is 16.0. The first kappa shape index (κ1) is 20.9. The van der Waals surface area contributed by atoms with Crippen molar-refractivity contribution >= 4 is 72.6 Å². The van der Waals surface area contributed by atoms with E-state index in [0.29, 0.717) is 12.0 Å². The van der Waals surface area contributed by atoms with Gasteiger partial charge in [-0.1, -0.05) is 75.4 Å². The number of benzene rings is 2. The fourth-order valence-corrected chi connectivity index (χ4v) is 6.17. The molecule has 3 aromatic rings. The summed E-state index contributed by atoms with van der Waals surface area (Å²) in [6.07, 6.45) is 0.534. The zero-order valence-electron chi connectivity index (χ0n) is 12.7. The molecular weight excluding hydrogens is 403 g/mol. The molecule has 0 saturated heterocycles. The van der Waals surface area contributed by atoms with Crippen molar-refractivity contribution in [2.45, 2.75) is 18.2 Å². The van der Waals surface area contributed by atoms with Crippen LogP contribution in [0.5, 0.6) is 0 Å². The van der Waals surface area contributed by atoms with Crippen molar-refractivity contribution in [2.75, 3.05) is 0 Å². The predicted octanol–water partition coefficient (Wildman–Crippen LogP) is 4.70. The van der Waals surface area contributed by atoms with Gasteiger partial charge < -0.3 is 0 Å². The molecule has 1 aromatic heterocycles. The molecule has 0 aliphatic carbocycles. The molecule has 0 saturated carbocycles. The SMILES string of the molecule is Cc1ccc(Cc2c(-c3ccccc3)ssc2=S)cc1S(=O)(=O)O.[NaH]. The first-order valence-electron chi connectivity index (χ1n) is 7.10. The molecule has 2 aromatic carbocycles. The van der Waals surface area contributed by atoms with E-state index in [1.807, 2.05) is 36.4 Å². The molecule has 0 atom stereocenters. The summed E-state index contributed by atoms with van der Waals surface area (Å²) in [5.41, 5.74) is 3.46. The molecule has 126 valence electrons. The number of hydrogen-bond donors (Lipinski definition) is 1. The van der Waals surface area contributed by atoms with E-state index < -0.39 is 10.1 Å². The van der Waals surface area contributed by atoms with Gasteiger partial charge in [-0.15, -0.1) is 0 Å². The third kappa shape index (κ3) is 4.87. The fraction of sp³-hybridized carbons (Fsp3) is 0.118. The first-order chi connectivity index (χ1) is 11.4. The molecule has 0 amide bonds. The summed E-state index contributed by atoms with van der Waals surface area (Å²) in [4.78, 5) is 1.06. The Morgan fingerprint density at radius 3 is 2.40 bits per heavy atom. The van der Waals surface area contributed by atoms with E-state index in [1.165, 1.54) is 6.07 Å². The Labute approximate surface area is 181 Å². The van der Waals surface area contributed by atoms with E-state index >= 15 is 0 Å². The van der Waals surface area contributed by atoms with Gasteiger partial charge in [-0.2, -0.15) is 8.42 Å². The second-order valence-corrected chi connectivity index (χ2v) is 9.59. The van der Waals surface area contributed by atoms with Gasteiger partial charge in [0.2, 0.25) is 0 Å². The van der Waals surface area contributed by atoms with Gasteiger partial charge in [0.15, 0.2) is 0 Å². The van der Waals surface area contributed by atoms with Gasteiger partial charge in [0.1, 0.15) is 3.82 Å². The predicted molar refractivity (Wildman–Crippen MR) is 109 cm³/mol. The minimum atomic E-state index is -4.23. The maximum atomic E-state index is 11.5. The summed E-state index contributed by atoms with van der Waals surface area (Å²) in [5.74, 6) is 0. The molecule has 3 rings (SSSR count). The summed E-state index contributed by atoms with van der Waals surface area (Å²) in [6, 6.07) is 15.1. The van der Waals surface area contributed by atoms with Crippen molar-refractivity contribution in [3.05, 3.63) is 69.0 Å². The van der Waals surface area contributed by atoms with Gasteiger partial charge in [0.05, 0.1) is 9.77 Å². The molecule has 8 heteroatoms. The molecule has 3 nitrogen and oxygen atoms in total. The Bertz CT molecular complexity index is 1040. The summed E-state index contributed by atoms with van der Waals surface area (Å²) < 4.78 is 33.2. The Hall–Kier alpha value is -0.380. The molecule has 0 bridgehead atoms. The van der Waals surface area contributed by atoms with E-state index in [0.717, 1.165) is 25.4 Å². The summed E-state index contributed by atoms with van der Waals surface area (Å²) in [6.45, 7) is 1.66. The van der Waals surface area contributed by atoms with Gasteiger partial charge in [-0.05, 0) is 29.7 Å². The average molecular weight is 419 g/mol. The van der Waals surface area contributed by atoms with Crippen LogP contribution in [0.2, 0.25) is 0 Å². The molecule has 0 spiro atoms. The molecule has 0 aliphatic heterocycles. The fourth-order valence-electron chi connectivity index (χ4n) is 2.47. The molecular formula is C17H15NaO3S4. The molecule has 0 fully saturated rings. The first-order valence-corrected chi connectivity index (χ1v) is 11.1. The van der Waals surface area contributed by atoms with Crippen LogP contribution in [0, 0.1) is 10.7 Å². The van der Waals surface area contributed by atoms with Crippen molar-refractivity contribution in [3.8, 4) is 10.4 Å². The Balaban J connectivity index is 0.00000225. The van der Waals surface area contributed by atoms with Crippen LogP contribution in [0.4, 0.5) is 0 Å². The van der Waals surface area contributed by atoms with Gasteiger partial charge in [-0.3, -0.25) is 4.55 Å². The van der Waals surface area contributed by atoms with E-state index in [4.69, 9.17) is 12.2 Å². The Morgan fingerprint density at radius 2 is 1.76 bits per heavy atom. The van der Waals surface area contributed by atoms with Crippen LogP contribution in [-0.2, 0) is 16.5 Å². The topological polar surface area (TPSA) is 54.4 Å². The third-order valence-corrected chi connectivity index (χ3v) is 7.86. The van der Waals surface area contributed by atoms with Crippen LogP contribution in [0.3, 0.4) is 0 Å². The molecule has 1 N–H and O–H groups in total. The number of rotatable bonds is 4. The molecule has 0 unspecified atom stereocenters.